The number of methoxy groups -OCH3 is 2. The summed E-state index contributed by atoms with van der Waals surface area (Å²) < 4.78 is 10.6. The van der Waals surface area contributed by atoms with E-state index < -0.39 is 0 Å². The van der Waals surface area contributed by atoms with E-state index in [9.17, 15) is 0 Å². The van der Waals surface area contributed by atoms with Crippen LogP contribution in [0.25, 0.3) is 10.9 Å². The molecule has 0 aliphatic rings. The van der Waals surface area contributed by atoms with Crippen molar-refractivity contribution in [3.63, 3.8) is 0 Å². The monoisotopic (exact) mass is 466 g/mol. The van der Waals surface area contributed by atoms with Gasteiger partial charge < -0.3 is 25.5 Å². The molecular formula is C19H23IN4O2. The first kappa shape index (κ1) is 19.9. The van der Waals surface area contributed by atoms with Gasteiger partial charge in [-0.15, -0.1) is 24.0 Å². The molecule has 0 saturated carbocycles. The van der Waals surface area contributed by atoms with Gasteiger partial charge in [-0.1, -0.05) is 18.2 Å². The maximum Gasteiger partial charge on any atom is 0.193 e. The lowest BCUT2D eigenvalue weighted by Crippen LogP contribution is -2.23. The Morgan fingerprint density at radius 2 is 1.96 bits per heavy atom. The number of fused-ring (bicyclic) bond motifs is 1. The Labute approximate surface area is 169 Å². The summed E-state index contributed by atoms with van der Waals surface area (Å²) in [6.07, 6.45) is 2.83. The van der Waals surface area contributed by atoms with Gasteiger partial charge in [0.1, 0.15) is 11.5 Å². The second-order valence-electron chi connectivity index (χ2n) is 5.57. The summed E-state index contributed by atoms with van der Waals surface area (Å²) in [7, 11) is 3.22. The minimum absolute atomic E-state index is 0. The molecule has 6 nitrogen and oxygen atoms in total. The standard InChI is InChI=1S/C19H22N4O2.HI/c1-24-14-7-8-18(25-2)17(11-14)23-19(20)21-10-9-13-12-22-16-6-4-3-5-15(13)16;/h3-8,11-12,22H,9-10H2,1-2H3,(H3,20,21,23);1H. The van der Waals surface area contributed by atoms with Gasteiger partial charge in [-0.05, 0) is 30.2 Å². The predicted molar refractivity (Wildman–Crippen MR) is 117 cm³/mol. The molecule has 1 aromatic heterocycles. The summed E-state index contributed by atoms with van der Waals surface area (Å²) in [4.78, 5) is 7.67. The Balaban J connectivity index is 0.00000243. The van der Waals surface area contributed by atoms with E-state index in [-0.39, 0.29) is 24.0 Å². The van der Waals surface area contributed by atoms with Crippen LogP contribution < -0.4 is 20.5 Å². The summed E-state index contributed by atoms with van der Waals surface area (Å²) in [5.74, 6) is 1.73. The number of hydrogen-bond acceptors (Lipinski definition) is 3. The summed E-state index contributed by atoms with van der Waals surface area (Å²) in [6.45, 7) is 0.590. The van der Waals surface area contributed by atoms with Gasteiger partial charge in [0.05, 0.1) is 19.9 Å². The number of para-hydroxylation sites is 1. The summed E-state index contributed by atoms with van der Waals surface area (Å²) >= 11 is 0. The third kappa shape index (κ3) is 4.60. The van der Waals surface area contributed by atoms with Crippen LogP contribution >= 0.6 is 24.0 Å². The number of aliphatic imine (C=N–C) groups is 1. The maximum atomic E-state index is 6.01. The number of hydrogen-bond donors (Lipinski definition) is 3. The minimum Gasteiger partial charge on any atom is -0.497 e. The molecule has 2 aromatic carbocycles. The van der Waals surface area contributed by atoms with E-state index in [0.29, 0.717) is 18.3 Å². The van der Waals surface area contributed by atoms with E-state index in [4.69, 9.17) is 15.2 Å². The number of H-pyrrole nitrogens is 1. The highest BCUT2D eigenvalue weighted by Crippen LogP contribution is 2.28. The second-order valence-corrected chi connectivity index (χ2v) is 5.57. The number of benzene rings is 2. The van der Waals surface area contributed by atoms with Crippen molar-refractivity contribution in [2.45, 2.75) is 6.42 Å². The number of nitrogens with one attached hydrogen (secondary N) is 2. The third-order valence-corrected chi connectivity index (χ3v) is 4.01. The quantitative estimate of drug-likeness (QED) is 0.294. The lowest BCUT2D eigenvalue weighted by molar-refractivity contribution is 0.405. The number of ether oxygens (including phenoxy) is 2. The number of anilines is 1. The van der Waals surface area contributed by atoms with Crippen LogP contribution in [0.4, 0.5) is 5.69 Å². The van der Waals surface area contributed by atoms with Crippen molar-refractivity contribution in [3.8, 4) is 11.5 Å². The number of halogens is 1. The maximum absolute atomic E-state index is 6.01. The van der Waals surface area contributed by atoms with Crippen LogP contribution in [0.15, 0.2) is 53.7 Å². The molecule has 0 amide bonds. The largest absolute Gasteiger partial charge is 0.497 e. The molecule has 0 bridgehead atoms. The SMILES string of the molecule is COc1ccc(OC)c(NC(N)=NCCc2c[nH]c3ccccc23)c1.I. The van der Waals surface area contributed by atoms with Crippen LogP contribution in [0.1, 0.15) is 5.56 Å². The minimum atomic E-state index is 0. The van der Waals surface area contributed by atoms with Gasteiger partial charge in [0.2, 0.25) is 0 Å². The fourth-order valence-corrected chi connectivity index (χ4v) is 2.72. The summed E-state index contributed by atoms with van der Waals surface area (Å²) in [5, 5.41) is 4.29. The van der Waals surface area contributed by atoms with Crippen LogP contribution in [0.5, 0.6) is 11.5 Å². The Hall–Kier alpha value is -2.42. The number of rotatable bonds is 6. The van der Waals surface area contributed by atoms with Crippen molar-refractivity contribution in [1.29, 1.82) is 0 Å². The normalized spacial score (nSPS) is 11.1. The molecule has 0 unspecified atom stereocenters. The molecule has 1 heterocycles. The molecule has 0 fully saturated rings. The van der Waals surface area contributed by atoms with Gasteiger partial charge in [-0.2, -0.15) is 0 Å². The summed E-state index contributed by atoms with van der Waals surface area (Å²) in [6, 6.07) is 13.7. The Morgan fingerprint density at radius 3 is 2.73 bits per heavy atom. The molecule has 138 valence electrons. The highest BCUT2D eigenvalue weighted by Gasteiger charge is 2.06. The average molecular weight is 466 g/mol. The van der Waals surface area contributed by atoms with Crippen molar-refractivity contribution >= 4 is 46.5 Å². The number of guanidine groups is 1. The number of nitrogens with zero attached hydrogens (tertiary/aromatic N) is 1. The molecule has 26 heavy (non-hydrogen) atoms. The number of aromatic nitrogens is 1. The van der Waals surface area contributed by atoms with Crippen LogP contribution in [0.3, 0.4) is 0 Å². The van der Waals surface area contributed by atoms with E-state index in [0.717, 1.165) is 23.4 Å². The molecule has 3 rings (SSSR count). The van der Waals surface area contributed by atoms with Crippen LogP contribution in [0, 0.1) is 0 Å². The molecule has 0 atom stereocenters. The topological polar surface area (TPSA) is 84.7 Å². The van der Waals surface area contributed by atoms with Gasteiger partial charge in [0, 0.05) is 29.7 Å². The molecule has 0 spiro atoms. The van der Waals surface area contributed by atoms with Gasteiger partial charge in [-0.3, -0.25) is 4.99 Å². The van der Waals surface area contributed by atoms with Crippen molar-refractivity contribution in [2.24, 2.45) is 10.7 Å². The van der Waals surface area contributed by atoms with Gasteiger partial charge in [0.15, 0.2) is 5.96 Å². The fourth-order valence-electron chi connectivity index (χ4n) is 2.72. The molecule has 3 aromatic rings. The first-order valence-corrected chi connectivity index (χ1v) is 8.05. The predicted octanol–water partition coefficient (Wildman–Crippen LogP) is 3.77. The molecule has 0 radical (unpaired) electrons. The lowest BCUT2D eigenvalue weighted by Gasteiger charge is -2.12. The van der Waals surface area contributed by atoms with Gasteiger partial charge in [-0.25, -0.2) is 0 Å². The van der Waals surface area contributed by atoms with E-state index in [2.05, 4.69) is 27.4 Å². The van der Waals surface area contributed by atoms with Crippen molar-refractivity contribution in [2.75, 3.05) is 26.1 Å². The van der Waals surface area contributed by atoms with E-state index in [1.54, 1.807) is 14.2 Å². The zero-order chi connectivity index (χ0) is 17.6. The van der Waals surface area contributed by atoms with Crippen molar-refractivity contribution < 1.29 is 9.47 Å². The highest BCUT2D eigenvalue weighted by atomic mass is 127. The molecule has 0 aliphatic heterocycles. The van der Waals surface area contributed by atoms with Gasteiger partial charge in [0.25, 0.3) is 0 Å². The highest BCUT2D eigenvalue weighted by molar-refractivity contribution is 14.0. The van der Waals surface area contributed by atoms with Crippen LogP contribution in [-0.4, -0.2) is 31.7 Å². The van der Waals surface area contributed by atoms with E-state index in [1.807, 2.05) is 36.5 Å². The molecular weight excluding hydrogens is 443 g/mol. The third-order valence-electron chi connectivity index (χ3n) is 4.01. The summed E-state index contributed by atoms with van der Waals surface area (Å²) in [5.41, 5.74) is 9.09. The Bertz CT molecular complexity index is 892. The van der Waals surface area contributed by atoms with Crippen molar-refractivity contribution in [1.82, 2.24) is 4.98 Å². The Kier molecular flexibility index (Phi) is 7.14. The van der Waals surface area contributed by atoms with Gasteiger partial charge >= 0.3 is 0 Å². The van der Waals surface area contributed by atoms with E-state index in [1.165, 1.54) is 10.9 Å². The first-order chi connectivity index (χ1) is 12.2. The van der Waals surface area contributed by atoms with Crippen LogP contribution in [0.2, 0.25) is 0 Å². The Morgan fingerprint density at radius 1 is 1.15 bits per heavy atom. The molecule has 0 saturated heterocycles. The second kappa shape index (κ2) is 9.33. The average Bonchev–Trinajstić information content (AvgIpc) is 3.05. The molecule has 7 heteroatoms. The lowest BCUT2D eigenvalue weighted by atomic mass is 10.1. The van der Waals surface area contributed by atoms with Crippen molar-refractivity contribution in [3.05, 3.63) is 54.2 Å². The van der Waals surface area contributed by atoms with Crippen LogP contribution in [-0.2, 0) is 6.42 Å². The smallest absolute Gasteiger partial charge is 0.193 e. The number of nitrogens with two attached hydrogens (primary N) is 1. The van der Waals surface area contributed by atoms with E-state index >= 15 is 0 Å². The fraction of sp³-hybridized carbons (Fsp3) is 0.211. The zero-order valence-corrected chi connectivity index (χ0v) is 17.1. The number of aromatic amines is 1. The first-order valence-electron chi connectivity index (χ1n) is 8.05. The zero-order valence-electron chi connectivity index (χ0n) is 14.8. The molecule has 0 aliphatic carbocycles. The molecule has 4 N–H and O–H groups in total.